The predicted molar refractivity (Wildman–Crippen MR) is 391 cm³/mol. The zero-order chi connectivity index (χ0) is 80.3. The van der Waals surface area contributed by atoms with E-state index in [-0.39, 0.29) is 12.3 Å². The average molecular weight is 1570 g/mol. The van der Waals surface area contributed by atoms with E-state index in [1.165, 1.54) is 123 Å². The summed E-state index contributed by atoms with van der Waals surface area (Å²) < 4.78 is 61.6. The maximum atomic E-state index is 15.0. The number of Topliss-reactive ketones (excluding diaryl/α,β-unsaturated/α-hetero) is 1. The van der Waals surface area contributed by atoms with Crippen LogP contribution in [0.4, 0.5) is 0 Å². The second-order valence-corrected chi connectivity index (χ2v) is 30.5. The average Bonchev–Trinajstić information content (AvgIpc) is 0.742. The Morgan fingerprint density at radius 2 is 0.927 bits per heavy atom. The summed E-state index contributed by atoms with van der Waals surface area (Å²) in [4.78, 5) is 54.4. The lowest BCUT2D eigenvalue weighted by Crippen LogP contribution is -2.72. The van der Waals surface area contributed by atoms with E-state index in [2.05, 4.69) is 29.8 Å². The second kappa shape index (κ2) is 51.0. The molecule has 28 atom stereocenters. The first-order valence-electron chi connectivity index (χ1n) is 40.3. The summed E-state index contributed by atoms with van der Waals surface area (Å²) in [7, 11) is 0. The summed E-state index contributed by atoms with van der Waals surface area (Å²) in [6.45, 7) is 3.36. The number of rotatable bonds is 53. The molecular weight excluding hydrogens is 1430 g/mol. The Hall–Kier alpha value is -3.22. The fourth-order valence-corrected chi connectivity index (χ4v) is 14.8. The molecule has 33 nitrogen and oxygen atoms in total. The lowest BCUT2D eigenvalue weighted by Gasteiger charge is -2.53. The summed E-state index contributed by atoms with van der Waals surface area (Å²) in [6, 6.07) is -4.64. The zero-order valence-electron chi connectivity index (χ0n) is 64.9. The maximum Gasteiger partial charge on any atom is 0.232 e. The number of unbranched alkanes of at least 4 members (excludes halogenated alkanes) is 25. The van der Waals surface area contributed by atoms with Gasteiger partial charge in [0.25, 0.3) is 0 Å². The molecule has 0 radical (unpaired) electrons. The van der Waals surface area contributed by atoms with Crippen LogP contribution in [0.1, 0.15) is 228 Å². The minimum atomic E-state index is -2.96. The van der Waals surface area contributed by atoms with Crippen molar-refractivity contribution in [3.05, 3.63) is 12.2 Å². The van der Waals surface area contributed by atoms with Crippen LogP contribution in [0.15, 0.2) is 12.2 Å². The number of ether oxygens (including phenoxy) is 10. The topological polar surface area (TPSA) is 520 Å². The Balaban J connectivity index is 1.42. The molecule has 0 aromatic carbocycles. The molecule has 5 rings (SSSR count). The molecule has 33 heteroatoms. The number of ketones is 1. The number of hydrogen-bond donors (Lipinski definition) is 19. The fraction of sp³-hybridized carbons (Fsp3) is 0.921. The number of carbonyl (C=O) groups is 4. The third-order valence-corrected chi connectivity index (χ3v) is 21.2. The molecule has 0 saturated carbocycles. The highest BCUT2D eigenvalue weighted by Crippen LogP contribution is 2.42. The van der Waals surface area contributed by atoms with Crippen LogP contribution in [0.25, 0.3) is 0 Å². The summed E-state index contributed by atoms with van der Waals surface area (Å²) in [5.41, 5.74) is 0. The van der Waals surface area contributed by atoms with E-state index in [0.29, 0.717) is 12.8 Å². The van der Waals surface area contributed by atoms with E-state index < -0.39 is 241 Å². The van der Waals surface area contributed by atoms with E-state index in [1.54, 1.807) is 6.08 Å². The molecule has 14 unspecified atom stereocenters. The highest BCUT2D eigenvalue weighted by Gasteiger charge is 2.62. The van der Waals surface area contributed by atoms with E-state index in [0.717, 1.165) is 65.2 Å². The van der Waals surface area contributed by atoms with Gasteiger partial charge in [0.05, 0.1) is 63.9 Å². The van der Waals surface area contributed by atoms with Gasteiger partial charge in [-0.25, -0.2) is 0 Å². The van der Waals surface area contributed by atoms with Crippen molar-refractivity contribution in [1.82, 2.24) is 16.0 Å². The van der Waals surface area contributed by atoms with Gasteiger partial charge in [-0.2, -0.15) is 0 Å². The van der Waals surface area contributed by atoms with Crippen molar-refractivity contribution in [3.63, 3.8) is 0 Å². The van der Waals surface area contributed by atoms with Crippen LogP contribution >= 0.6 is 0 Å². The van der Waals surface area contributed by atoms with Crippen molar-refractivity contribution < 1.29 is 148 Å². The monoisotopic (exact) mass is 1570 g/mol. The quantitative estimate of drug-likeness (QED) is 0.0284. The van der Waals surface area contributed by atoms with Crippen molar-refractivity contribution in [2.24, 2.45) is 5.92 Å². The van der Waals surface area contributed by atoms with Crippen LogP contribution < -0.4 is 16.0 Å². The number of carbonyl (C=O) groups excluding carboxylic acids is 4. The van der Waals surface area contributed by atoms with E-state index in [4.69, 9.17) is 47.4 Å². The second-order valence-electron chi connectivity index (χ2n) is 30.5. The maximum absolute atomic E-state index is 15.0. The van der Waals surface area contributed by atoms with Crippen LogP contribution in [0.5, 0.6) is 0 Å². The molecule has 5 heterocycles. The van der Waals surface area contributed by atoms with Gasteiger partial charge in [0.1, 0.15) is 116 Å². The largest absolute Gasteiger partial charge is 0.394 e. The van der Waals surface area contributed by atoms with Gasteiger partial charge in [-0.3, -0.25) is 19.2 Å². The number of nitrogens with one attached hydrogen (secondary N) is 3. The summed E-state index contributed by atoms with van der Waals surface area (Å²) in [5, 5.41) is 188. The van der Waals surface area contributed by atoms with E-state index >= 15 is 0 Å². The highest BCUT2D eigenvalue weighted by atomic mass is 16.8. The van der Waals surface area contributed by atoms with Crippen molar-refractivity contribution >= 4 is 23.5 Å². The van der Waals surface area contributed by atoms with Gasteiger partial charge in [-0.1, -0.05) is 194 Å². The lowest BCUT2D eigenvalue weighted by atomic mass is 9.84. The molecule has 5 fully saturated rings. The van der Waals surface area contributed by atoms with Crippen LogP contribution in [0.3, 0.4) is 0 Å². The highest BCUT2D eigenvalue weighted by molar-refractivity contribution is 5.88. The predicted octanol–water partition coefficient (Wildman–Crippen LogP) is 0.0981. The normalized spacial score (nSPS) is 34.2. The number of aliphatic hydroxyl groups excluding tert-OH is 16. The Bertz CT molecular complexity index is 2550. The molecule has 0 spiro atoms. The Kier molecular flexibility index (Phi) is 45.1. The van der Waals surface area contributed by atoms with Crippen molar-refractivity contribution in [2.45, 2.75) is 399 Å². The Morgan fingerprint density at radius 3 is 1.44 bits per heavy atom. The summed E-state index contributed by atoms with van der Waals surface area (Å²) >= 11 is 0. The third-order valence-electron chi connectivity index (χ3n) is 21.2. The molecule has 3 amide bonds. The molecule has 19 N–H and O–H groups in total. The molecule has 109 heavy (non-hydrogen) atoms. The zero-order valence-corrected chi connectivity index (χ0v) is 64.9. The molecule has 5 saturated heterocycles. The molecule has 5 aliphatic heterocycles. The van der Waals surface area contributed by atoms with E-state index in [1.807, 2.05) is 6.08 Å². The minimum Gasteiger partial charge on any atom is -0.394 e. The smallest absolute Gasteiger partial charge is 0.232 e. The number of hydrogen-bond acceptors (Lipinski definition) is 30. The first-order valence-corrected chi connectivity index (χ1v) is 40.3. The van der Waals surface area contributed by atoms with E-state index in [9.17, 15) is 101 Å². The van der Waals surface area contributed by atoms with Gasteiger partial charge in [-0.05, 0) is 19.3 Å². The molecule has 0 aliphatic carbocycles. The first-order chi connectivity index (χ1) is 52.2. The molecule has 0 bridgehead atoms. The molecule has 0 aromatic rings. The van der Waals surface area contributed by atoms with Gasteiger partial charge in [0.15, 0.2) is 30.9 Å². The van der Waals surface area contributed by atoms with Gasteiger partial charge < -0.3 is 145 Å². The van der Waals surface area contributed by atoms with Crippen LogP contribution in [0.2, 0.25) is 0 Å². The molecule has 0 aromatic heterocycles. The van der Waals surface area contributed by atoms with Gasteiger partial charge >= 0.3 is 0 Å². The SMILES string of the molecule is CCCCCCCCCCCCC/C=C/[C@H](O)[C@@H](CO[C@@H]1OC(CO)[C@@H](O[C@@H]2OC(CO)[C@H](O[C@@H]3OC(CO)[C@H](O)C(O[C@@H]4OC(CO)[C@H](O)C(O)C4O)C3NC(C)=O)C(O[C@]3(C(=O)C(C)C)CC(O)[C@@H](NC(C)=O)C([C@H](O)[C@H](O)CO)O3)C2O)C(O)C1O)NC(=O)CCCCCCCCCCCCCCCCC. The van der Waals surface area contributed by atoms with Crippen LogP contribution in [-0.4, -0.2) is 316 Å². The van der Waals surface area contributed by atoms with Crippen LogP contribution in [-0.2, 0) is 66.5 Å². The molecule has 5 aliphatic rings. The van der Waals surface area contributed by atoms with Gasteiger partial charge in [0.2, 0.25) is 23.5 Å². The van der Waals surface area contributed by atoms with Gasteiger partial charge in [0, 0.05) is 32.6 Å². The van der Waals surface area contributed by atoms with Crippen LogP contribution in [0, 0.1) is 5.92 Å². The standard InChI is InChI=1S/C76H137N3O30/c1-7-9-11-13-15-17-19-21-22-24-26-28-30-32-34-36-55(90)79-47(48(87)35-33-31-29-27-25-23-20-18-16-14-12-10-8-2)43-100-73-64(97)62(95)66(53(41-83)103-73)105-75-65(98)70(109-76(71(99)44(3)4)37-49(88)56(77-45(5)85)69(108-76)58(91)50(89)38-80)67(54(42-84)104-75)106-72-57(78-46(6)86)68(60(93)52(40-82)101-72)107-74-63(96)61(94)59(92)51(39-81)102-74/h33,35,44,47-54,56-70,72-75,80-84,87-89,91-98H,7-32,34,36-43H2,1-6H3,(H,77,85)(H,78,86)(H,79,90)/b35-33+/t47-,48+,49?,50-,51?,52?,53?,54?,56-,57?,58-,59+,60+,61?,62?,63?,64?,65?,66-,67+,68?,69?,70?,72+,73-,74+,75+,76+/m1/s1. The fourth-order valence-electron chi connectivity index (χ4n) is 14.8. The Labute approximate surface area is 642 Å². The van der Waals surface area contributed by atoms with Crippen molar-refractivity contribution in [3.8, 4) is 0 Å². The summed E-state index contributed by atoms with van der Waals surface area (Å²) in [6.07, 6.45) is -14.9. The lowest BCUT2D eigenvalue weighted by molar-refractivity contribution is -0.402. The van der Waals surface area contributed by atoms with Crippen molar-refractivity contribution in [2.75, 3.05) is 39.6 Å². The number of aliphatic hydroxyl groups is 16. The summed E-state index contributed by atoms with van der Waals surface area (Å²) in [5.74, 6) is -7.25. The minimum absolute atomic E-state index is 0.146. The first kappa shape index (κ1) is 96.4. The number of amides is 3. The van der Waals surface area contributed by atoms with Crippen molar-refractivity contribution in [1.29, 1.82) is 0 Å². The molecular formula is C76H137N3O30. The van der Waals surface area contributed by atoms with Gasteiger partial charge in [-0.15, -0.1) is 0 Å². The third kappa shape index (κ3) is 29.8. The molecule has 636 valence electrons. The Morgan fingerprint density at radius 1 is 0.486 bits per heavy atom. The number of allylic oxidation sites excluding steroid dienone is 1.